The van der Waals surface area contributed by atoms with Crippen molar-refractivity contribution in [1.82, 2.24) is 0 Å². The molecule has 2 heterocycles. The highest BCUT2D eigenvalue weighted by Gasteiger charge is 2.46. The van der Waals surface area contributed by atoms with Crippen LogP contribution in [-0.4, -0.2) is 5.91 Å². The second-order valence-electron chi connectivity index (χ2n) is 5.85. The lowest BCUT2D eigenvalue weighted by atomic mass is 9.94. The molecule has 110 valence electrons. The molecule has 1 unspecified atom stereocenters. The predicted octanol–water partition coefficient (Wildman–Crippen LogP) is 4.17. The van der Waals surface area contributed by atoms with Crippen molar-refractivity contribution in [2.45, 2.75) is 6.04 Å². The first-order valence-electron chi connectivity index (χ1n) is 7.73. The number of hydrogen-bond acceptors (Lipinski definition) is 2. The molecule has 0 saturated carbocycles. The Bertz CT molecular complexity index is 920. The molecule has 0 radical (unpaired) electrons. The molecule has 3 nitrogen and oxygen atoms in total. The zero-order valence-electron chi connectivity index (χ0n) is 12.4. The molecule has 0 aliphatic carbocycles. The summed E-state index contributed by atoms with van der Waals surface area (Å²) in [6.07, 6.45) is 0. The summed E-state index contributed by atoms with van der Waals surface area (Å²) in [4.78, 5) is 13.1. The molecule has 23 heavy (non-hydrogen) atoms. The van der Waals surface area contributed by atoms with E-state index >= 15 is 0 Å². The van der Waals surface area contributed by atoms with Gasteiger partial charge in [-0.05, 0) is 29.8 Å². The van der Waals surface area contributed by atoms with Crippen LogP contribution in [0.4, 0.5) is 11.4 Å². The molecule has 3 aromatic carbocycles. The Morgan fingerprint density at radius 2 is 1.35 bits per heavy atom. The van der Waals surface area contributed by atoms with E-state index in [0.717, 1.165) is 22.5 Å². The number of para-hydroxylation sites is 2. The van der Waals surface area contributed by atoms with Crippen molar-refractivity contribution in [2.24, 2.45) is 0 Å². The van der Waals surface area contributed by atoms with Gasteiger partial charge in [-0.3, -0.25) is 9.80 Å². The molecule has 3 aromatic rings. The summed E-state index contributed by atoms with van der Waals surface area (Å²) in [5.41, 5.74) is 5.04. The van der Waals surface area contributed by atoms with E-state index in [1.807, 2.05) is 71.7 Å². The molecule has 0 fully saturated rings. The van der Waals surface area contributed by atoms with Crippen LogP contribution in [-0.2, 0) is 0 Å². The van der Waals surface area contributed by atoms with Gasteiger partial charge in [0.15, 0.2) is 0 Å². The van der Waals surface area contributed by atoms with Crippen LogP contribution in [0.15, 0.2) is 78.9 Å². The molecule has 2 aliphatic rings. The molecule has 2 bridgehead atoms. The number of carbonyl (C=O) groups is 1. The minimum absolute atomic E-state index is 0.0330. The fraction of sp³-hybridized carbons (Fsp3) is 0.0500. The van der Waals surface area contributed by atoms with Crippen molar-refractivity contribution in [3.63, 3.8) is 0 Å². The third-order valence-electron chi connectivity index (χ3n) is 4.62. The largest absolute Gasteiger partial charge is 0.277 e. The van der Waals surface area contributed by atoms with Crippen LogP contribution < -0.4 is 10.0 Å². The molecule has 0 spiro atoms. The van der Waals surface area contributed by atoms with Crippen LogP contribution in [0.3, 0.4) is 0 Å². The van der Waals surface area contributed by atoms with E-state index in [1.54, 1.807) is 0 Å². The van der Waals surface area contributed by atoms with E-state index in [2.05, 4.69) is 17.1 Å². The Hall–Kier alpha value is -3.07. The average Bonchev–Trinajstić information content (AvgIpc) is 2.92. The predicted molar refractivity (Wildman–Crippen MR) is 90.5 cm³/mol. The second kappa shape index (κ2) is 4.46. The smallest absolute Gasteiger partial charge is 0.267 e. The van der Waals surface area contributed by atoms with E-state index in [1.165, 1.54) is 5.56 Å². The molecule has 3 heteroatoms. The Kier molecular flexibility index (Phi) is 2.42. The van der Waals surface area contributed by atoms with Crippen LogP contribution in [0.5, 0.6) is 0 Å². The number of rotatable bonds is 1. The monoisotopic (exact) mass is 298 g/mol. The molecular weight excluding hydrogens is 284 g/mol. The maximum Gasteiger partial charge on any atom is 0.277 e. The van der Waals surface area contributed by atoms with Gasteiger partial charge in [0, 0.05) is 11.1 Å². The number of anilines is 2. The fourth-order valence-electron chi connectivity index (χ4n) is 3.67. The van der Waals surface area contributed by atoms with Gasteiger partial charge in [0.1, 0.15) is 6.04 Å². The minimum atomic E-state index is 0.0330. The summed E-state index contributed by atoms with van der Waals surface area (Å²) in [6, 6.07) is 26.2. The number of nitrogens with zero attached hydrogens (tertiary/aromatic N) is 2. The molecule has 0 N–H and O–H groups in total. The first-order chi connectivity index (χ1) is 11.4. The van der Waals surface area contributed by atoms with Crippen LogP contribution in [0.2, 0.25) is 0 Å². The summed E-state index contributed by atoms with van der Waals surface area (Å²) in [5, 5.41) is 3.92. The van der Waals surface area contributed by atoms with Gasteiger partial charge in [0.25, 0.3) is 5.91 Å². The molecule has 1 atom stereocenters. The molecule has 1 amide bonds. The van der Waals surface area contributed by atoms with E-state index in [-0.39, 0.29) is 11.9 Å². The highest BCUT2D eigenvalue weighted by atomic mass is 16.2. The van der Waals surface area contributed by atoms with Gasteiger partial charge in [-0.2, -0.15) is 0 Å². The molecular formula is C20H14N2O. The lowest BCUT2D eigenvalue weighted by molar-refractivity contribution is 0.0977. The van der Waals surface area contributed by atoms with Crippen LogP contribution in [0, 0.1) is 0 Å². The second-order valence-corrected chi connectivity index (χ2v) is 5.85. The van der Waals surface area contributed by atoms with E-state index in [9.17, 15) is 4.79 Å². The lowest BCUT2D eigenvalue weighted by Gasteiger charge is -2.39. The van der Waals surface area contributed by atoms with Crippen LogP contribution in [0.1, 0.15) is 27.5 Å². The molecule has 5 rings (SSSR count). The van der Waals surface area contributed by atoms with Crippen molar-refractivity contribution in [2.75, 3.05) is 10.0 Å². The third kappa shape index (κ3) is 1.56. The van der Waals surface area contributed by atoms with Crippen molar-refractivity contribution < 1.29 is 4.79 Å². The van der Waals surface area contributed by atoms with E-state index in [0.29, 0.717) is 0 Å². The number of benzene rings is 3. The summed E-state index contributed by atoms with van der Waals surface area (Å²) >= 11 is 0. The summed E-state index contributed by atoms with van der Waals surface area (Å²) in [5.74, 6) is 0.0330. The number of hydrazine groups is 1. The minimum Gasteiger partial charge on any atom is -0.267 e. The van der Waals surface area contributed by atoms with Crippen molar-refractivity contribution in [3.8, 4) is 0 Å². The highest BCUT2D eigenvalue weighted by molar-refractivity contribution is 6.13. The van der Waals surface area contributed by atoms with Gasteiger partial charge in [0.05, 0.1) is 11.4 Å². The fourth-order valence-corrected chi connectivity index (χ4v) is 3.67. The molecule has 0 aromatic heterocycles. The zero-order chi connectivity index (χ0) is 15.4. The SMILES string of the molecule is O=C1c2ccccc2C2c3ccccc3N1N2c1ccccc1. The number of carbonyl (C=O) groups excluding carboxylic acids is 1. The number of amides is 1. The Balaban J connectivity index is 1.83. The summed E-state index contributed by atoms with van der Waals surface area (Å²) < 4.78 is 0. The molecule has 0 saturated heterocycles. The van der Waals surface area contributed by atoms with Gasteiger partial charge in [-0.1, -0.05) is 54.6 Å². The maximum atomic E-state index is 13.1. The van der Waals surface area contributed by atoms with Crippen LogP contribution >= 0.6 is 0 Å². The standard InChI is InChI=1S/C20H14N2O/c23-20-16-11-5-4-10-15(16)19-17-12-6-7-13-18(17)22(20)21(19)14-8-2-1-3-9-14/h1-13,19H. The average molecular weight is 298 g/mol. The Labute approximate surface area is 134 Å². The van der Waals surface area contributed by atoms with E-state index in [4.69, 9.17) is 0 Å². The zero-order valence-corrected chi connectivity index (χ0v) is 12.4. The quantitative estimate of drug-likeness (QED) is 0.673. The first kappa shape index (κ1) is 12.5. The topological polar surface area (TPSA) is 23.6 Å². The van der Waals surface area contributed by atoms with Crippen molar-refractivity contribution in [3.05, 3.63) is 95.6 Å². The van der Waals surface area contributed by atoms with Crippen molar-refractivity contribution in [1.29, 1.82) is 0 Å². The van der Waals surface area contributed by atoms with Gasteiger partial charge in [-0.25, -0.2) is 5.01 Å². The highest BCUT2D eigenvalue weighted by Crippen LogP contribution is 2.50. The first-order valence-corrected chi connectivity index (χ1v) is 7.73. The van der Waals surface area contributed by atoms with Gasteiger partial charge < -0.3 is 0 Å². The van der Waals surface area contributed by atoms with Gasteiger partial charge in [-0.15, -0.1) is 0 Å². The summed E-state index contributed by atoms with van der Waals surface area (Å²) in [7, 11) is 0. The normalized spacial score (nSPS) is 17.9. The lowest BCUT2D eigenvalue weighted by Crippen LogP contribution is -2.48. The van der Waals surface area contributed by atoms with Gasteiger partial charge >= 0.3 is 0 Å². The van der Waals surface area contributed by atoms with E-state index < -0.39 is 0 Å². The molecule has 2 aliphatic heterocycles. The summed E-state index contributed by atoms with van der Waals surface area (Å²) in [6.45, 7) is 0. The van der Waals surface area contributed by atoms with Crippen molar-refractivity contribution >= 4 is 17.3 Å². The Morgan fingerprint density at radius 1 is 0.696 bits per heavy atom. The van der Waals surface area contributed by atoms with Crippen LogP contribution in [0.25, 0.3) is 0 Å². The third-order valence-corrected chi connectivity index (χ3v) is 4.62. The number of fused-ring (bicyclic) bond motifs is 7. The van der Waals surface area contributed by atoms with Gasteiger partial charge in [0.2, 0.25) is 0 Å². The Morgan fingerprint density at radius 3 is 2.17 bits per heavy atom. The number of hydrogen-bond donors (Lipinski definition) is 0. The maximum absolute atomic E-state index is 13.1.